The largest absolute Gasteiger partial charge is 0.361 e. The smallest absolute Gasteiger partial charge is 0.313 e. The molecule has 2 amide bonds. The zero-order chi connectivity index (χ0) is 10.7. The van der Waals surface area contributed by atoms with E-state index in [9.17, 15) is 14.0 Å². The molecule has 0 radical (unpaired) electrons. The van der Waals surface area contributed by atoms with Crippen LogP contribution in [0.4, 0.5) is 10.1 Å². The summed E-state index contributed by atoms with van der Waals surface area (Å²) in [5.74, 6) is -2.71. The predicted octanol–water partition coefficient (Wildman–Crippen LogP) is 0.903. The van der Waals surface area contributed by atoms with Crippen molar-refractivity contribution in [3.8, 4) is 0 Å². The molecule has 3 N–H and O–H groups in total. The van der Waals surface area contributed by atoms with E-state index in [1.807, 2.05) is 0 Å². The molecule has 74 valence electrons. The second-order valence-electron chi connectivity index (χ2n) is 2.45. The molecule has 6 heteroatoms. The Balaban J connectivity index is 2.83. The van der Waals surface area contributed by atoms with Crippen LogP contribution in [0.5, 0.6) is 0 Å². The van der Waals surface area contributed by atoms with Gasteiger partial charge in [-0.25, -0.2) is 4.39 Å². The van der Waals surface area contributed by atoms with E-state index < -0.39 is 17.6 Å². The SMILES string of the molecule is NC(=O)C(=O)Nc1ccc(F)c(Cl)c1. The minimum absolute atomic E-state index is 0.146. The van der Waals surface area contributed by atoms with E-state index in [1.165, 1.54) is 12.1 Å². The van der Waals surface area contributed by atoms with Gasteiger partial charge in [-0.2, -0.15) is 0 Å². The van der Waals surface area contributed by atoms with Crippen molar-refractivity contribution in [2.75, 3.05) is 5.32 Å². The van der Waals surface area contributed by atoms with Crippen LogP contribution in [0.25, 0.3) is 0 Å². The van der Waals surface area contributed by atoms with Crippen molar-refractivity contribution in [1.82, 2.24) is 0 Å². The molecule has 0 aliphatic rings. The van der Waals surface area contributed by atoms with Gasteiger partial charge in [0.2, 0.25) is 0 Å². The summed E-state index contributed by atoms with van der Waals surface area (Å²) >= 11 is 5.43. The van der Waals surface area contributed by atoms with E-state index in [2.05, 4.69) is 5.32 Å². The topological polar surface area (TPSA) is 72.2 Å². The molecule has 14 heavy (non-hydrogen) atoms. The second-order valence-corrected chi connectivity index (χ2v) is 2.85. The highest BCUT2D eigenvalue weighted by atomic mass is 35.5. The number of anilines is 1. The first-order valence-corrected chi connectivity index (χ1v) is 3.94. The summed E-state index contributed by atoms with van der Waals surface area (Å²) in [6, 6.07) is 3.51. The Kier molecular flexibility index (Phi) is 3.03. The third-order valence-electron chi connectivity index (χ3n) is 1.40. The van der Waals surface area contributed by atoms with Gasteiger partial charge in [-0.05, 0) is 18.2 Å². The monoisotopic (exact) mass is 216 g/mol. The zero-order valence-corrected chi connectivity index (χ0v) is 7.64. The molecule has 0 aliphatic heterocycles. The summed E-state index contributed by atoms with van der Waals surface area (Å²) in [6.45, 7) is 0. The molecular weight excluding hydrogens is 211 g/mol. The van der Waals surface area contributed by atoms with E-state index in [0.717, 1.165) is 6.07 Å². The van der Waals surface area contributed by atoms with Gasteiger partial charge in [-0.3, -0.25) is 9.59 Å². The molecule has 1 aromatic rings. The van der Waals surface area contributed by atoms with Gasteiger partial charge in [-0.1, -0.05) is 11.6 Å². The van der Waals surface area contributed by atoms with Gasteiger partial charge < -0.3 is 11.1 Å². The molecule has 0 saturated heterocycles. The lowest BCUT2D eigenvalue weighted by Crippen LogP contribution is -2.29. The fourth-order valence-electron chi connectivity index (χ4n) is 0.767. The Hall–Kier alpha value is -1.62. The van der Waals surface area contributed by atoms with Crippen LogP contribution in [0.15, 0.2) is 18.2 Å². The number of benzene rings is 1. The highest BCUT2D eigenvalue weighted by Crippen LogP contribution is 2.18. The number of nitrogens with two attached hydrogens (primary N) is 1. The Morgan fingerprint density at radius 2 is 2.07 bits per heavy atom. The lowest BCUT2D eigenvalue weighted by atomic mass is 10.3. The van der Waals surface area contributed by atoms with Crippen LogP contribution in [0.1, 0.15) is 0 Å². The van der Waals surface area contributed by atoms with Crippen molar-refractivity contribution in [2.24, 2.45) is 5.73 Å². The Labute approximate surface area is 83.8 Å². The summed E-state index contributed by atoms with van der Waals surface area (Å²) in [6.07, 6.45) is 0. The van der Waals surface area contributed by atoms with Gasteiger partial charge in [0.1, 0.15) is 5.82 Å². The minimum Gasteiger partial charge on any atom is -0.361 e. The van der Waals surface area contributed by atoms with Crippen LogP contribution in [0.2, 0.25) is 5.02 Å². The molecule has 0 aliphatic carbocycles. The number of carbonyl (C=O) groups excluding carboxylic acids is 2. The summed E-state index contributed by atoms with van der Waals surface area (Å²) < 4.78 is 12.7. The van der Waals surface area contributed by atoms with Crippen molar-refractivity contribution in [1.29, 1.82) is 0 Å². The van der Waals surface area contributed by atoms with Gasteiger partial charge in [0.15, 0.2) is 0 Å². The molecule has 0 aromatic heterocycles. The Morgan fingerprint density at radius 1 is 1.43 bits per heavy atom. The summed E-state index contributed by atoms with van der Waals surface area (Å²) in [5.41, 5.74) is 4.90. The fourth-order valence-corrected chi connectivity index (χ4v) is 0.947. The maximum atomic E-state index is 12.7. The lowest BCUT2D eigenvalue weighted by molar-refractivity contribution is -0.134. The average molecular weight is 217 g/mol. The molecule has 1 aromatic carbocycles. The number of hydrogen-bond acceptors (Lipinski definition) is 2. The van der Waals surface area contributed by atoms with Crippen molar-refractivity contribution >= 4 is 29.1 Å². The third-order valence-corrected chi connectivity index (χ3v) is 1.69. The number of primary amides is 1. The second kappa shape index (κ2) is 4.06. The van der Waals surface area contributed by atoms with Crippen molar-refractivity contribution in [3.05, 3.63) is 29.0 Å². The van der Waals surface area contributed by atoms with Gasteiger partial charge in [0.05, 0.1) is 5.02 Å². The summed E-state index contributed by atoms with van der Waals surface area (Å²) in [5, 5.41) is 2.00. The lowest BCUT2D eigenvalue weighted by Gasteiger charge is -2.02. The van der Waals surface area contributed by atoms with E-state index in [-0.39, 0.29) is 10.7 Å². The van der Waals surface area contributed by atoms with Gasteiger partial charge in [0, 0.05) is 5.69 Å². The average Bonchev–Trinajstić information content (AvgIpc) is 2.11. The highest BCUT2D eigenvalue weighted by Gasteiger charge is 2.09. The van der Waals surface area contributed by atoms with Gasteiger partial charge >= 0.3 is 11.8 Å². The molecule has 0 fully saturated rings. The van der Waals surface area contributed by atoms with E-state index in [0.29, 0.717) is 0 Å². The highest BCUT2D eigenvalue weighted by molar-refractivity contribution is 6.39. The fraction of sp³-hybridized carbons (Fsp3) is 0. The Morgan fingerprint density at radius 3 is 2.57 bits per heavy atom. The molecule has 0 atom stereocenters. The maximum absolute atomic E-state index is 12.7. The number of hydrogen-bond donors (Lipinski definition) is 2. The number of nitrogens with one attached hydrogen (secondary N) is 1. The van der Waals surface area contributed by atoms with Crippen LogP contribution < -0.4 is 11.1 Å². The molecule has 0 spiro atoms. The first kappa shape index (κ1) is 10.5. The number of carbonyl (C=O) groups is 2. The van der Waals surface area contributed by atoms with Crippen molar-refractivity contribution in [3.63, 3.8) is 0 Å². The normalized spacial score (nSPS) is 9.57. The third kappa shape index (κ3) is 2.43. The first-order chi connectivity index (χ1) is 6.50. The quantitative estimate of drug-likeness (QED) is 0.685. The number of halogens is 2. The first-order valence-electron chi connectivity index (χ1n) is 3.56. The van der Waals surface area contributed by atoms with Crippen LogP contribution in [0, 0.1) is 5.82 Å². The molecule has 0 heterocycles. The van der Waals surface area contributed by atoms with Crippen LogP contribution in [-0.4, -0.2) is 11.8 Å². The molecule has 4 nitrogen and oxygen atoms in total. The van der Waals surface area contributed by atoms with Crippen LogP contribution in [-0.2, 0) is 9.59 Å². The molecule has 1 rings (SSSR count). The Bertz CT molecular complexity index is 395. The van der Waals surface area contributed by atoms with E-state index >= 15 is 0 Å². The molecule has 0 unspecified atom stereocenters. The van der Waals surface area contributed by atoms with Gasteiger partial charge in [0.25, 0.3) is 0 Å². The van der Waals surface area contributed by atoms with Crippen LogP contribution in [0.3, 0.4) is 0 Å². The van der Waals surface area contributed by atoms with Crippen LogP contribution >= 0.6 is 11.6 Å². The maximum Gasteiger partial charge on any atom is 0.313 e. The summed E-state index contributed by atoms with van der Waals surface area (Å²) in [4.78, 5) is 21.1. The summed E-state index contributed by atoms with van der Waals surface area (Å²) in [7, 11) is 0. The van der Waals surface area contributed by atoms with E-state index in [1.54, 1.807) is 0 Å². The van der Waals surface area contributed by atoms with Crippen molar-refractivity contribution in [2.45, 2.75) is 0 Å². The van der Waals surface area contributed by atoms with Gasteiger partial charge in [-0.15, -0.1) is 0 Å². The van der Waals surface area contributed by atoms with Crippen molar-refractivity contribution < 1.29 is 14.0 Å². The molecular formula is C8H6ClFN2O2. The molecule has 0 bridgehead atoms. The number of rotatable bonds is 1. The number of amides is 2. The van der Waals surface area contributed by atoms with E-state index in [4.69, 9.17) is 17.3 Å². The zero-order valence-electron chi connectivity index (χ0n) is 6.88. The standard InChI is InChI=1S/C8H6ClFN2O2/c9-5-3-4(1-2-6(5)10)12-8(14)7(11)13/h1-3H,(H2,11,13)(H,12,14). The minimum atomic E-state index is -1.12. The molecule has 0 saturated carbocycles. The predicted molar refractivity (Wildman–Crippen MR) is 49.2 cm³/mol.